The Bertz CT molecular complexity index is 1720. The number of fused-ring (bicyclic) bond motifs is 5. The number of carbonyl (C=O) groups excluding carboxylic acids is 3. The molecule has 1 saturated carbocycles. The molecular weight excluding hydrogens is 547 g/mol. The van der Waals surface area contributed by atoms with E-state index < -0.39 is 35.3 Å². The summed E-state index contributed by atoms with van der Waals surface area (Å²) in [6.45, 7) is -0.169. The van der Waals surface area contributed by atoms with Crippen LogP contribution in [0.4, 0.5) is 13.2 Å². The normalized spacial score (nSPS) is 17.6. The summed E-state index contributed by atoms with van der Waals surface area (Å²) in [6.07, 6.45) is 5.08. The van der Waals surface area contributed by atoms with Gasteiger partial charge in [-0.3, -0.25) is 24.0 Å². The number of nitrogens with two attached hydrogens (primary N) is 1. The predicted octanol–water partition coefficient (Wildman–Crippen LogP) is 4.74. The fourth-order valence-electron chi connectivity index (χ4n) is 6.43. The molecule has 214 valence electrons. The van der Waals surface area contributed by atoms with Crippen LogP contribution in [0.1, 0.15) is 80.5 Å². The van der Waals surface area contributed by atoms with E-state index in [2.05, 4.69) is 15.4 Å². The van der Waals surface area contributed by atoms with Crippen molar-refractivity contribution in [2.75, 3.05) is 0 Å². The van der Waals surface area contributed by atoms with Crippen LogP contribution in [0.25, 0.3) is 11.1 Å². The van der Waals surface area contributed by atoms with Crippen molar-refractivity contribution in [3.05, 3.63) is 106 Å². The molecule has 42 heavy (non-hydrogen) atoms. The lowest BCUT2D eigenvalue weighted by molar-refractivity contribution is -0.122. The highest BCUT2D eigenvalue weighted by Crippen LogP contribution is 2.53. The maximum absolute atomic E-state index is 14.2. The van der Waals surface area contributed by atoms with Crippen LogP contribution in [0.2, 0.25) is 0 Å². The van der Waals surface area contributed by atoms with Crippen molar-refractivity contribution in [3.8, 4) is 11.1 Å². The second-order valence-electron chi connectivity index (χ2n) is 10.8. The summed E-state index contributed by atoms with van der Waals surface area (Å²) in [6, 6.07) is 9.37. The van der Waals surface area contributed by atoms with Gasteiger partial charge >= 0.3 is 0 Å². The second kappa shape index (κ2) is 10.9. The van der Waals surface area contributed by atoms with Crippen molar-refractivity contribution in [2.45, 2.75) is 50.1 Å². The van der Waals surface area contributed by atoms with Gasteiger partial charge in [-0.1, -0.05) is 12.1 Å². The third kappa shape index (κ3) is 5.06. The molecular formula is C31H26F3N5O3. The molecule has 2 aliphatic rings. The summed E-state index contributed by atoms with van der Waals surface area (Å²) in [4.78, 5) is 41.5. The van der Waals surface area contributed by atoms with E-state index in [1.54, 1.807) is 16.8 Å². The molecule has 3 atom stereocenters. The fraction of sp³-hybridized carbons (Fsp3) is 0.258. The second-order valence-corrected chi connectivity index (χ2v) is 10.8. The Morgan fingerprint density at radius 2 is 1.83 bits per heavy atom. The molecule has 2 amide bonds. The van der Waals surface area contributed by atoms with Crippen LogP contribution in [0.5, 0.6) is 0 Å². The van der Waals surface area contributed by atoms with Gasteiger partial charge in [0.15, 0.2) is 6.29 Å². The molecule has 4 aromatic rings. The van der Waals surface area contributed by atoms with Crippen LogP contribution in [0, 0.1) is 17.5 Å². The summed E-state index contributed by atoms with van der Waals surface area (Å²) < 4.78 is 44.0. The van der Waals surface area contributed by atoms with E-state index >= 15 is 0 Å². The van der Waals surface area contributed by atoms with Crippen LogP contribution in [0.3, 0.4) is 0 Å². The van der Waals surface area contributed by atoms with Crippen molar-refractivity contribution < 1.29 is 27.6 Å². The zero-order chi connectivity index (χ0) is 29.5. The Morgan fingerprint density at radius 3 is 2.57 bits per heavy atom. The van der Waals surface area contributed by atoms with E-state index in [0.29, 0.717) is 22.5 Å². The Kier molecular flexibility index (Phi) is 7.09. The van der Waals surface area contributed by atoms with E-state index in [9.17, 15) is 27.6 Å². The number of amides is 2. The largest absolute Gasteiger partial charge is 0.366 e. The number of hydrogen-bond acceptors (Lipinski definition) is 5. The zero-order valence-electron chi connectivity index (χ0n) is 22.3. The molecule has 2 unspecified atom stereocenters. The average Bonchev–Trinajstić information content (AvgIpc) is 3.66. The van der Waals surface area contributed by atoms with Gasteiger partial charge in [0.2, 0.25) is 5.91 Å². The summed E-state index contributed by atoms with van der Waals surface area (Å²) >= 11 is 0. The lowest BCUT2D eigenvalue weighted by Crippen LogP contribution is -2.34. The van der Waals surface area contributed by atoms with Gasteiger partial charge in [0, 0.05) is 35.0 Å². The van der Waals surface area contributed by atoms with Crippen LogP contribution in [-0.2, 0) is 17.8 Å². The Labute approximate surface area is 238 Å². The number of nitrogens with zero attached hydrogens (tertiary/aromatic N) is 3. The fourth-order valence-corrected chi connectivity index (χ4v) is 6.43. The first-order chi connectivity index (χ1) is 20.2. The quantitative estimate of drug-likeness (QED) is 0.281. The SMILES string of the molecule is NC(=O)c1cc(-c2cccnc2[C@H](Cc2cc(F)cc(F)c2)NC(=O)Cn2nc(C=O)c3c2C2CCC3C2)ccc1F. The standard InChI is InChI=1S/C31H26F3N5O3/c32-20-8-16(9-21(33)13-20)10-25(29-22(2-1-7-36-29)17-5-6-24(34)23(12-17)31(35)42)37-27(41)14-39-30-19-4-3-18(11-19)28(30)26(15-40)38-39/h1-2,5-9,12-13,15,18-19,25H,3-4,10-11,14H2,(H2,35,42)(H,37,41)/t18?,19?,25-/m0/s1. The van der Waals surface area contributed by atoms with Gasteiger partial charge in [-0.15, -0.1) is 0 Å². The monoisotopic (exact) mass is 573 g/mol. The van der Waals surface area contributed by atoms with Crippen LogP contribution in [0.15, 0.2) is 54.7 Å². The maximum Gasteiger partial charge on any atom is 0.251 e. The van der Waals surface area contributed by atoms with Crippen LogP contribution < -0.4 is 11.1 Å². The molecule has 0 spiro atoms. The summed E-state index contributed by atoms with van der Waals surface area (Å²) in [7, 11) is 0. The van der Waals surface area contributed by atoms with Crippen molar-refractivity contribution >= 4 is 18.1 Å². The van der Waals surface area contributed by atoms with Crippen molar-refractivity contribution in [1.82, 2.24) is 20.1 Å². The number of pyridine rings is 1. The number of hydrogen-bond donors (Lipinski definition) is 2. The van der Waals surface area contributed by atoms with E-state index in [-0.39, 0.29) is 35.9 Å². The van der Waals surface area contributed by atoms with Crippen molar-refractivity contribution in [2.24, 2.45) is 5.73 Å². The van der Waals surface area contributed by atoms with Gasteiger partial charge in [-0.05, 0) is 73.1 Å². The molecule has 1 fully saturated rings. The molecule has 2 aromatic carbocycles. The predicted molar refractivity (Wildman–Crippen MR) is 146 cm³/mol. The van der Waals surface area contributed by atoms with Crippen LogP contribution >= 0.6 is 0 Å². The molecule has 0 aliphatic heterocycles. The molecule has 0 radical (unpaired) electrons. The van der Waals surface area contributed by atoms with Gasteiger partial charge in [0.25, 0.3) is 5.91 Å². The van der Waals surface area contributed by atoms with Gasteiger partial charge in [-0.25, -0.2) is 13.2 Å². The highest BCUT2D eigenvalue weighted by atomic mass is 19.1. The summed E-state index contributed by atoms with van der Waals surface area (Å²) in [5, 5.41) is 7.34. The third-order valence-corrected chi connectivity index (χ3v) is 8.10. The number of rotatable bonds is 9. The number of carbonyl (C=O) groups is 3. The Balaban J connectivity index is 1.36. The molecule has 3 N–H and O–H groups in total. The zero-order valence-corrected chi connectivity index (χ0v) is 22.3. The number of aromatic nitrogens is 3. The molecule has 11 heteroatoms. The van der Waals surface area contributed by atoms with E-state index in [4.69, 9.17) is 5.73 Å². The van der Waals surface area contributed by atoms with Gasteiger partial charge < -0.3 is 11.1 Å². The number of benzene rings is 2. The van der Waals surface area contributed by atoms with Gasteiger partial charge in [-0.2, -0.15) is 5.10 Å². The molecule has 0 saturated heterocycles. The summed E-state index contributed by atoms with van der Waals surface area (Å²) in [5.74, 6) is -3.22. The highest BCUT2D eigenvalue weighted by molar-refractivity contribution is 5.94. The first kappa shape index (κ1) is 27.4. The summed E-state index contributed by atoms with van der Waals surface area (Å²) in [5.41, 5.74) is 8.70. The molecule has 2 aromatic heterocycles. The lowest BCUT2D eigenvalue weighted by atomic mass is 9.94. The molecule has 2 bridgehead atoms. The number of primary amides is 1. The van der Waals surface area contributed by atoms with Crippen molar-refractivity contribution in [3.63, 3.8) is 0 Å². The third-order valence-electron chi connectivity index (χ3n) is 8.10. The Morgan fingerprint density at radius 1 is 1.07 bits per heavy atom. The lowest BCUT2D eigenvalue weighted by Gasteiger charge is -2.22. The van der Waals surface area contributed by atoms with E-state index in [0.717, 1.165) is 48.9 Å². The van der Waals surface area contributed by atoms with Gasteiger partial charge in [0.1, 0.15) is 29.7 Å². The minimum absolute atomic E-state index is 0.0319. The first-order valence-corrected chi connectivity index (χ1v) is 13.6. The topological polar surface area (TPSA) is 120 Å². The molecule has 2 heterocycles. The maximum atomic E-state index is 14.2. The first-order valence-electron chi connectivity index (χ1n) is 13.6. The molecule has 2 aliphatic carbocycles. The number of nitrogens with one attached hydrogen (secondary N) is 1. The van der Waals surface area contributed by atoms with Crippen LogP contribution in [-0.4, -0.2) is 32.9 Å². The molecule has 8 nitrogen and oxygen atoms in total. The minimum Gasteiger partial charge on any atom is -0.366 e. The number of aldehydes is 1. The highest BCUT2D eigenvalue weighted by Gasteiger charge is 2.42. The average molecular weight is 574 g/mol. The van der Waals surface area contributed by atoms with Gasteiger partial charge in [0.05, 0.1) is 17.3 Å². The Hall–Kier alpha value is -4.80. The van der Waals surface area contributed by atoms with E-state index in [1.807, 2.05) is 0 Å². The van der Waals surface area contributed by atoms with Crippen molar-refractivity contribution in [1.29, 1.82) is 0 Å². The smallest absolute Gasteiger partial charge is 0.251 e. The van der Waals surface area contributed by atoms with E-state index in [1.165, 1.54) is 30.5 Å². The number of halogens is 3. The minimum atomic E-state index is -0.949. The molecule has 6 rings (SSSR count).